The Balaban J connectivity index is 2.29. The first kappa shape index (κ1) is 13.3. The van der Waals surface area contributed by atoms with Gasteiger partial charge in [0.25, 0.3) is 0 Å². The summed E-state index contributed by atoms with van der Waals surface area (Å²) >= 11 is 1.69. The molecule has 1 heterocycles. The molecule has 0 aliphatic carbocycles. The van der Waals surface area contributed by atoms with E-state index in [0.29, 0.717) is 17.0 Å². The summed E-state index contributed by atoms with van der Waals surface area (Å²) in [6, 6.07) is 0.448. The van der Waals surface area contributed by atoms with E-state index in [4.69, 9.17) is 4.74 Å². The van der Waals surface area contributed by atoms with Gasteiger partial charge in [-0.05, 0) is 13.5 Å². The minimum atomic E-state index is -2.83. The Labute approximate surface area is 96.1 Å². The second kappa shape index (κ2) is 6.08. The summed E-state index contributed by atoms with van der Waals surface area (Å²) < 4.78 is 27.3. The van der Waals surface area contributed by atoms with Crippen LogP contribution in [0.25, 0.3) is 0 Å². The third-order valence-corrected chi connectivity index (χ3v) is 5.00. The van der Waals surface area contributed by atoms with Gasteiger partial charge in [-0.2, -0.15) is 11.8 Å². The maximum Gasteiger partial charge on any atom is 0.148 e. The summed E-state index contributed by atoms with van der Waals surface area (Å²) in [5, 5.41) is 3.63. The molecule has 4 nitrogen and oxygen atoms in total. The molecule has 0 aromatic rings. The van der Waals surface area contributed by atoms with Crippen LogP contribution in [0.3, 0.4) is 0 Å². The summed E-state index contributed by atoms with van der Waals surface area (Å²) in [6.45, 7) is 1.52. The predicted molar refractivity (Wildman–Crippen MR) is 64.2 cm³/mol. The van der Waals surface area contributed by atoms with Gasteiger partial charge in [0.15, 0.2) is 0 Å². The van der Waals surface area contributed by atoms with Gasteiger partial charge in [-0.15, -0.1) is 0 Å². The van der Waals surface area contributed by atoms with Gasteiger partial charge in [0.2, 0.25) is 0 Å². The first-order chi connectivity index (χ1) is 7.03. The molecule has 0 amide bonds. The summed E-state index contributed by atoms with van der Waals surface area (Å²) in [5.41, 5.74) is 0. The van der Waals surface area contributed by atoms with E-state index >= 15 is 0 Å². The van der Waals surface area contributed by atoms with Crippen LogP contribution < -0.4 is 5.32 Å². The highest BCUT2D eigenvalue weighted by molar-refractivity contribution is 8.01. The molecule has 1 saturated heterocycles. The summed E-state index contributed by atoms with van der Waals surface area (Å²) in [5.74, 6) is 0.912. The van der Waals surface area contributed by atoms with Crippen molar-refractivity contribution in [3.05, 3.63) is 0 Å². The molecule has 2 unspecified atom stereocenters. The van der Waals surface area contributed by atoms with Crippen molar-refractivity contribution in [2.75, 3.05) is 38.0 Å². The minimum absolute atomic E-state index is 0.255. The summed E-state index contributed by atoms with van der Waals surface area (Å²) in [6.07, 6.45) is 2.29. The Morgan fingerprint density at radius 3 is 2.87 bits per heavy atom. The van der Waals surface area contributed by atoms with Gasteiger partial charge in [0.1, 0.15) is 9.84 Å². The molecule has 1 rings (SSSR count). The van der Waals surface area contributed by atoms with Crippen molar-refractivity contribution in [3.63, 3.8) is 0 Å². The largest absolute Gasteiger partial charge is 0.380 e. The number of sulfone groups is 1. The SMILES string of the molecule is CNC1CCOCC1SCCS(C)(=O)=O. The van der Waals surface area contributed by atoms with E-state index in [1.807, 2.05) is 7.05 Å². The number of ether oxygens (including phenoxy) is 1. The maximum absolute atomic E-state index is 11.0. The zero-order valence-corrected chi connectivity index (χ0v) is 10.9. The zero-order chi connectivity index (χ0) is 11.3. The van der Waals surface area contributed by atoms with Crippen LogP contribution in [0.4, 0.5) is 0 Å². The lowest BCUT2D eigenvalue weighted by atomic mass is 10.1. The van der Waals surface area contributed by atoms with Gasteiger partial charge in [-0.3, -0.25) is 0 Å². The highest BCUT2D eigenvalue weighted by atomic mass is 32.2. The molecule has 0 saturated carbocycles. The Hall–Kier alpha value is 0.220. The lowest BCUT2D eigenvalue weighted by molar-refractivity contribution is 0.0851. The van der Waals surface area contributed by atoms with Crippen LogP contribution in [0.5, 0.6) is 0 Å². The van der Waals surface area contributed by atoms with Gasteiger partial charge >= 0.3 is 0 Å². The van der Waals surface area contributed by atoms with E-state index in [9.17, 15) is 8.42 Å². The Morgan fingerprint density at radius 2 is 2.27 bits per heavy atom. The standard InChI is InChI=1S/C9H19NO3S2/c1-10-8-3-4-13-7-9(8)14-5-6-15(2,11)12/h8-10H,3-7H2,1-2H3. The number of thioether (sulfide) groups is 1. The molecule has 1 aliphatic heterocycles. The molecule has 1 N–H and O–H groups in total. The quantitative estimate of drug-likeness (QED) is 0.755. The Morgan fingerprint density at radius 1 is 1.53 bits per heavy atom. The van der Waals surface area contributed by atoms with Gasteiger partial charge < -0.3 is 10.1 Å². The van der Waals surface area contributed by atoms with Crippen LogP contribution >= 0.6 is 11.8 Å². The second-order valence-electron chi connectivity index (χ2n) is 3.80. The van der Waals surface area contributed by atoms with E-state index in [2.05, 4.69) is 5.32 Å². The zero-order valence-electron chi connectivity index (χ0n) is 9.23. The summed E-state index contributed by atoms with van der Waals surface area (Å²) in [4.78, 5) is 0. The molecule has 0 aromatic heterocycles. The molecule has 0 spiro atoms. The highest BCUT2D eigenvalue weighted by Crippen LogP contribution is 2.21. The molecule has 0 bridgehead atoms. The topological polar surface area (TPSA) is 55.4 Å². The van der Waals surface area contributed by atoms with E-state index < -0.39 is 9.84 Å². The predicted octanol–water partition coefficient (Wildman–Crippen LogP) is 0.141. The van der Waals surface area contributed by atoms with Crippen LogP contribution in [0.15, 0.2) is 0 Å². The third kappa shape index (κ3) is 5.19. The monoisotopic (exact) mass is 253 g/mol. The second-order valence-corrected chi connectivity index (χ2v) is 7.40. The van der Waals surface area contributed by atoms with Gasteiger partial charge in [-0.1, -0.05) is 0 Å². The minimum Gasteiger partial charge on any atom is -0.380 e. The fraction of sp³-hybridized carbons (Fsp3) is 1.00. The van der Waals surface area contributed by atoms with Gasteiger partial charge in [0, 0.05) is 29.9 Å². The third-order valence-electron chi connectivity index (χ3n) is 2.46. The maximum atomic E-state index is 11.0. The molecule has 1 aliphatic rings. The van der Waals surface area contributed by atoms with E-state index in [-0.39, 0.29) is 5.75 Å². The number of nitrogens with one attached hydrogen (secondary N) is 1. The first-order valence-electron chi connectivity index (χ1n) is 5.07. The molecular formula is C9H19NO3S2. The molecule has 0 radical (unpaired) electrons. The molecular weight excluding hydrogens is 234 g/mol. The van der Waals surface area contributed by atoms with Gasteiger partial charge in [0.05, 0.1) is 12.4 Å². The van der Waals surface area contributed by atoms with Crippen molar-refractivity contribution in [1.29, 1.82) is 0 Å². The molecule has 90 valence electrons. The van der Waals surface area contributed by atoms with Crippen molar-refractivity contribution >= 4 is 21.6 Å². The van der Waals surface area contributed by atoms with Gasteiger partial charge in [-0.25, -0.2) is 8.42 Å². The Kier molecular flexibility index (Phi) is 5.38. The van der Waals surface area contributed by atoms with E-state index in [1.165, 1.54) is 6.26 Å². The van der Waals surface area contributed by atoms with Crippen molar-refractivity contribution in [1.82, 2.24) is 5.32 Å². The molecule has 6 heteroatoms. The Bertz CT molecular complexity index is 279. The fourth-order valence-corrected chi connectivity index (χ4v) is 4.15. The average molecular weight is 253 g/mol. The lowest BCUT2D eigenvalue weighted by Crippen LogP contribution is -2.43. The average Bonchev–Trinajstić information content (AvgIpc) is 2.16. The highest BCUT2D eigenvalue weighted by Gasteiger charge is 2.24. The number of hydrogen-bond acceptors (Lipinski definition) is 5. The molecule has 2 atom stereocenters. The van der Waals surface area contributed by atoms with Crippen LogP contribution in [-0.2, 0) is 14.6 Å². The van der Waals surface area contributed by atoms with Crippen LogP contribution in [0.2, 0.25) is 0 Å². The van der Waals surface area contributed by atoms with Crippen molar-refractivity contribution in [2.24, 2.45) is 0 Å². The summed E-state index contributed by atoms with van der Waals surface area (Å²) in [7, 11) is -0.887. The van der Waals surface area contributed by atoms with Crippen LogP contribution in [0.1, 0.15) is 6.42 Å². The van der Waals surface area contributed by atoms with E-state index in [1.54, 1.807) is 11.8 Å². The van der Waals surface area contributed by atoms with Crippen molar-refractivity contribution < 1.29 is 13.2 Å². The molecule has 1 fully saturated rings. The number of rotatable bonds is 5. The van der Waals surface area contributed by atoms with E-state index in [0.717, 1.165) is 19.6 Å². The smallest absolute Gasteiger partial charge is 0.148 e. The fourth-order valence-electron chi connectivity index (χ4n) is 1.56. The normalized spacial score (nSPS) is 27.9. The molecule has 15 heavy (non-hydrogen) atoms. The first-order valence-corrected chi connectivity index (χ1v) is 8.18. The van der Waals surface area contributed by atoms with Crippen LogP contribution in [-0.4, -0.2) is 57.7 Å². The van der Waals surface area contributed by atoms with Crippen molar-refractivity contribution in [3.8, 4) is 0 Å². The number of hydrogen-bond donors (Lipinski definition) is 1. The lowest BCUT2D eigenvalue weighted by Gasteiger charge is -2.30. The van der Waals surface area contributed by atoms with Crippen LogP contribution in [0, 0.1) is 0 Å². The van der Waals surface area contributed by atoms with Crippen molar-refractivity contribution in [2.45, 2.75) is 17.7 Å². The molecule has 0 aromatic carbocycles.